The Labute approximate surface area is 204 Å². The quantitative estimate of drug-likeness (QED) is 0.302. The molecule has 0 aliphatic heterocycles. The van der Waals surface area contributed by atoms with Crippen LogP contribution in [0, 0.1) is 28.6 Å². The second kappa shape index (κ2) is 8.11. The molecule has 0 radical (unpaired) electrons. The van der Waals surface area contributed by atoms with Gasteiger partial charge in [-0.25, -0.2) is 8.42 Å². The van der Waals surface area contributed by atoms with Gasteiger partial charge in [-0.2, -0.15) is 0 Å². The van der Waals surface area contributed by atoms with Crippen LogP contribution in [0.4, 0.5) is 0 Å². The minimum atomic E-state index is -5.06. The van der Waals surface area contributed by atoms with Crippen molar-refractivity contribution in [2.45, 2.75) is 64.4 Å². The molecule has 0 spiro atoms. The zero-order chi connectivity index (χ0) is 22.1. The van der Waals surface area contributed by atoms with Crippen LogP contribution in [-0.4, -0.2) is 47.6 Å². The van der Waals surface area contributed by atoms with Crippen LogP contribution in [0.5, 0.6) is 0 Å². The standard InChI is InChI=1S/C21H28O8S.Na/c1-19-7-5-13(22)9-12(19)3-4-14-15-6-8-21(25,17(24)11-29-30(26,27)28)20(15,2)10-16(23)18(14)19;/h9,14-15,18,25H,3-8,10-11H2,1-2H3,(H,26,27,28);/q;+1/p-1/t14-,15-,18+,19-,20-,21-;/m0./s1. The summed E-state index contributed by atoms with van der Waals surface area (Å²) in [6.07, 6.45) is 4.82. The van der Waals surface area contributed by atoms with Gasteiger partial charge >= 0.3 is 29.6 Å². The molecule has 0 bridgehead atoms. The predicted molar refractivity (Wildman–Crippen MR) is 103 cm³/mol. The van der Waals surface area contributed by atoms with Crippen molar-refractivity contribution < 1.29 is 66.2 Å². The van der Waals surface area contributed by atoms with Gasteiger partial charge in [-0.1, -0.05) is 19.4 Å². The van der Waals surface area contributed by atoms with Gasteiger partial charge < -0.3 is 9.66 Å². The van der Waals surface area contributed by atoms with Crippen molar-refractivity contribution in [3.8, 4) is 0 Å². The zero-order valence-electron chi connectivity index (χ0n) is 18.2. The van der Waals surface area contributed by atoms with Gasteiger partial charge in [0.15, 0.2) is 11.6 Å². The molecule has 8 nitrogen and oxygen atoms in total. The van der Waals surface area contributed by atoms with E-state index in [1.165, 1.54) is 0 Å². The van der Waals surface area contributed by atoms with Crippen LogP contribution < -0.4 is 29.6 Å². The molecule has 4 aliphatic carbocycles. The van der Waals surface area contributed by atoms with Gasteiger partial charge in [-0.3, -0.25) is 18.6 Å². The van der Waals surface area contributed by atoms with Gasteiger partial charge in [-0.15, -0.1) is 0 Å². The summed E-state index contributed by atoms with van der Waals surface area (Å²) in [6.45, 7) is 2.75. The number of hydrogen-bond acceptors (Lipinski definition) is 8. The molecule has 4 rings (SSSR count). The molecular formula is C21H27NaO8S. The van der Waals surface area contributed by atoms with Crippen molar-refractivity contribution >= 4 is 27.7 Å². The number of ketones is 3. The molecule has 31 heavy (non-hydrogen) atoms. The molecule has 0 aromatic carbocycles. The van der Waals surface area contributed by atoms with Crippen LogP contribution in [0.3, 0.4) is 0 Å². The minimum absolute atomic E-state index is 0. The molecule has 6 atom stereocenters. The number of rotatable bonds is 4. The van der Waals surface area contributed by atoms with E-state index in [0.717, 1.165) is 5.57 Å². The Morgan fingerprint density at radius 1 is 1.23 bits per heavy atom. The molecule has 0 unspecified atom stereocenters. The number of aliphatic hydroxyl groups is 1. The molecule has 0 heterocycles. The number of carbonyl (C=O) groups is 3. The second-order valence-corrected chi connectivity index (χ2v) is 10.9. The maximum Gasteiger partial charge on any atom is 1.00 e. The molecule has 0 aromatic heterocycles. The number of carbonyl (C=O) groups excluding carboxylic acids is 3. The van der Waals surface area contributed by atoms with Crippen LogP contribution in [0.1, 0.15) is 58.8 Å². The summed E-state index contributed by atoms with van der Waals surface area (Å²) in [6, 6.07) is 0. The van der Waals surface area contributed by atoms with Gasteiger partial charge in [0, 0.05) is 24.2 Å². The van der Waals surface area contributed by atoms with E-state index in [-0.39, 0.29) is 77.1 Å². The first-order valence-corrected chi connectivity index (χ1v) is 11.8. The van der Waals surface area contributed by atoms with Gasteiger partial charge in [0.2, 0.25) is 10.4 Å². The average Bonchev–Trinajstić information content (AvgIpc) is 2.91. The molecule has 166 valence electrons. The third-order valence-electron chi connectivity index (χ3n) is 8.60. The Morgan fingerprint density at radius 3 is 2.55 bits per heavy atom. The van der Waals surface area contributed by atoms with Crippen molar-refractivity contribution in [2.24, 2.45) is 28.6 Å². The molecule has 3 saturated carbocycles. The third kappa shape index (κ3) is 3.84. The largest absolute Gasteiger partial charge is 1.00 e. The first-order valence-electron chi connectivity index (χ1n) is 10.4. The summed E-state index contributed by atoms with van der Waals surface area (Å²) >= 11 is 0. The van der Waals surface area contributed by atoms with Gasteiger partial charge in [0.05, 0.1) is 0 Å². The maximum absolute atomic E-state index is 13.4. The predicted octanol–water partition coefficient (Wildman–Crippen LogP) is -1.52. The van der Waals surface area contributed by atoms with E-state index >= 15 is 0 Å². The third-order valence-corrected chi connectivity index (χ3v) is 9.01. The normalized spacial score (nSPS) is 42.1. The van der Waals surface area contributed by atoms with Crippen molar-refractivity contribution in [1.29, 1.82) is 0 Å². The van der Waals surface area contributed by atoms with Crippen LogP contribution >= 0.6 is 0 Å². The zero-order valence-corrected chi connectivity index (χ0v) is 21.0. The second-order valence-electron chi connectivity index (χ2n) is 9.89. The van der Waals surface area contributed by atoms with E-state index in [9.17, 15) is 32.5 Å². The van der Waals surface area contributed by atoms with E-state index < -0.39 is 33.8 Å². The molecule has 0 aromatic rings. The Balaban J connectivity index is 0.00000272. The fraction of sp³-hybridized carbons (Fsp3) is 0.762. The van der Waals surface area contributed by atoms with Gasteiger partial charge in [0.1, 0.15) is 18.0 Å². The summed E-state index contributed by atoms with van der Waals surface area (Å²) in [5.41, 5.74) is -2.29. The molecule has 4 aliphatic rings. The van der Waals surface area contributed by atoms with Crippen LogP contribution in [0.25, 0.3) is 0 Å². The minimum Gasteiger partial charge on any atom is -0.726 e. The fourth-order valence-electron chi connectivity index (χ4n) is 7.09. The van der Waals surface area contributed by atoms with Crippen molar-refractivity contribution in [3.05, 3.63) is 11.6 Å². The summed E-state index contributed by atoms with van der Waals surface area (Å²) in [5, 5.41) is 11.3. The SMILES string of the molecule is C[C@]12CCC(=O)C=C1CC[C@@H]1[C@@H]2C(=O)C[C@@]2(C)[C@H]1CC[C@]2(O)C(=O)COS(=O)(=O)[O-].[Na+]. The molecule has 3 fully saturated rings. The first kappa shape index (κ1) is 25.2. The van der Waals surface area contributed by atoms with Crippen molar-refractivity contribution in [3.63, 3.8) is 0 Å². The first-order chi connectivity index (χ1) is 13.8. The monoisotopic (exact) mass is 462 g/mol. The van der Waals surface area contributed by atoms with E-state index in [0.29, 0.717) is 32.1 Å². The van der Waals surface area contributed by atoms with Crippen LogP contribution in [0.2, 0.25) is 0 Å². The van der Waals surface area contributed by atoms with Crippen molar-refractivity contribution in [2.75, 3.05) is 6.61 Å². The number of fused-ring (bicyclic) bond motifs is 5. The Bertz CT molecular complexity index is 958. The van der Waals surface area contributed by atoms with Gasteiger partial charge in [-0.05, 0) is 55.4 Å². The average molecular weight is 462 g/mol. The maximum atomic E-state index is 13.4. The van der Waals surface area contributed by atoms with Gasteiger partial charge in [0.25, 0.3) is 0 Å². The summed E-state index contributed by atoms with van der Waals surface area (Å²) in [4.78, 5) is 38.1. The Kier molecular flexibility index (Phi) is 6.60. The smallest absolute Gasteiger partial charge is 0.726 e. The van der Waals surface area contributed by atoms with E-state index in [1.54, 1.807) is 13.0 Å². The van der Waals surface area contributed by atoms with Crippen molar-refractivity contribution in [1.82, 2.24) is 0 Å². The number of Topliss-reactive ketones (excluding diaryl/α,β-unsaturated/α-hetero) is 2. The fourth-order valence-corrected chi connectivity index (χ4v) is 7.34. The summed E-state index contributed by atoms with van der Waals surface area (Å²) < 4.78 is 36.4. The van der Waals surface area contributed by atoms with Crippen LogP contribution in [-0.2, 0) is 29.0 Å². The number of hydrogen-bond donors (Lipinski definition) is 1. The summed E-state index contributed by atoms with van der Waals surface area (Å²) in [5.74, 6) is -1.15. The topological polar surface area (TPSA) is 138 Å². The van der Waals surface area contributed by atoms with E-state index in [4.69, 9.17) is 0 Å². The van der Waals surface area contributed by atoms with E-state index in [1.807, 2.05) is 0 Å². The molecular weight excluding hydrogens is 435 g/mol. The number of allylic oxidation sites excluding steroid dienone is 1. The molecule has 0 saturated heterocycles. The molecule has 1 N–H and O–H groups in total. The Morgan fingerprint density at radius 2 is 1.90 bits per heavy atom. The Hall–Kier alpha value is -0.420. The van der Waals surface area contributed by atoms with E-state index in [2.05, 4.69) is 11.1 Å². The summed E-state index contributed by atoms with van der Waals surface area (Å²) in [7, 11) is -5.06. The molecule has 0 amide bonds. The van der Waals surface area contributed by atoms with Crippen LogP contribution in [0.15, 0.2) is 11.6 Å². The molecule has 10 heteroatoms.